The fourth-order valence-electron chi connectivity index (χ4n) is 1.52. The fourth-order valence-corrected chi connectivity index (χ4v) is 1.67. The first-order chi connectivity index (χ1) is 8.50. The molecule has 0 aliphatic carbocycles. The molecular weight excluding hydrogens is 267 g/mol. The number of aromatic nitrogens is 1. The highest BCUT2D eigenvalue weighted by atomic mass is 35.5. The standard InChI is InChI=1S/C12H7ClF3NO/c13-8-4-9(14)7(3-10(8)15)12(18)6-1-2-17-5-11(6)16/h1-5,12,18H. The Kier molecular flexibility index (Phi) is 3.54. The van der Waals surface area contributed by atoms with Gasteiger partial charge in [-0.25, -0.2) is 13.2 Å². The molecule has 6 heteroatoms. The van der Waals surface area contributed by atoms with Gasteiger partial charge in [-0.05, 0) is 18.2 Å². The molecule has 1 aromatic carbocycles. The van der Waals surface area contributed by atoms with Gasteiger partial charge in [0.25, 0.3) is 0 Å². The molecule has 0 saturated carbocycles. The molecule has 0 amide bonds. The van der Waals surface area contributed by atoms with Crippen molar-refractivity contribution in [2.24, 2.45) is 0 Å². The number of rotatable bonds is 2. The molecule has 2 aromatic rings. The van der Waals surface area contributed by atoms with Crippen molar-refractivity contribution >= 4 is 11.6 Å². The van der Waals surface area contributed by atoms with Crippen molar-refractivity contribution in [1.82, 2.24) is 4.98 Å². The Bertz CT molecular complexity index is 592. The summed E-state index contributed by atoms with van der Waals surface area (Å²) in [5.41, 5.74) is -0.576. The predicted octanol–water partition coefficient (Wildman–Crippen LogP) is 3.23. The Balaban J connectivity index is 2.50. The van der Waals surface area contributed by atoms with E-state index in [2.05, 4.69) is 4.98 Å². The second-order valence-electron chi connectivity index (χ2n) is 3.59. The lowest BCUT2D eigenvalue weighted by atomic mass is 10.0. The van der Waals surface area contributed by atoms with Crippen molar-refractivity contribution in [1.29, 1.82) is 0 Å². The van der Waals surface area contributed by atoms with E-state index in [4.69, 9.17) is 11.6 Å². The molecule has 0 bridgehead atoms. The number of aliphatic hydroxyl groups is 1. The number of hydrogen-bond donors (Lipinski definition) is 1. The highest BCUT2D eigenvalue weighted by molar-refractivity contribution is 6.30. The van der Waals surface area contributed by atoms with Crippen LogP contribution < -0.4 is 0 Å². The van der Waals surface area contributed by atoms with E-state index in [9.17, 15) is 18.3 Å². The van der Waals surface area contributed by atoms with Crippen LogP contribution in [0.1, 0.15) is 17.2 Å². The number of aliphatic hydroxyl groups excluding tert-OH is 1. The zero-order valence-corrected chi connectivity index (χ0v) is 9.63. The molecule has 1 unspecified atom stereocenters. The number of halogens is 4. The summed E-state index contributed by atoms with van der Waals surface area (Å²) in [5, 5.41) is 9.45. The number of benzene rings is 1. The number of nitrogens with zero attached hydrogens (tertiary/aromatic N) is 1. The van der Waals surface area contributed by atoms with Gasteiger partial charge in [-0.2, -0.15) is 0 Å². The molecular formula is C12H7ClF3NO. The van der Waals surface area contributed by atoms with Crippen LogP contribution in [0.4, 0.5) is 13.2 Å². The van der Waals surface area contributed by atoms with Gasteiger partial charge in [0.2, 0.25) is 0 Å². The van der Waals surface area contributed by atoms with Gasteiger partial charge in [-0.15, -0.1) is 0 Å². The second kappa shape index (κ2) is 4.96. The summed E-state index contributed by atoms with van der Waals surface area (Å²) < 4.78 is 40.1. The third-order valence-electron chi connectivity index (χ3n) is 2.43. The second-order valence-corrected chi connectivity index (χ2v) is 3.99. The van der Waals surface area contributed by atoms with E-state index in [-0.39, 0.29) is 11.1 Å². The molecule has 18 heavy (non-hydrogen) atoms. The van der Waals surface area contributed by atoms with Crippen molar-refractivity contribution < 1.29 is 18.3 Å². The molecule has 0 saturated heterocycles. The molecule has 0 spiro atoms. The average Bonchev–Trinajstić information content (AvgIpc) is 2.33. The van der Waals surface area contributed by atoms with E-state index in [1.165, 1.54) is 12.3 Å². The third kappa shape index (κ3) is 2.32. The van der Waals surface area contributed by atoms with Gasteiger partial charge in [0.05, 0.1) is 11.2 Å². The van der Waals surface area contributed by atoms with Crippen LogP contribution in [-0.2, 0) is 0 Å². The molecule has 0 radical (unpaired) electrons. The minimum Gasteiger partial charge on any atom is -0.383 e. The molecule has 1 atom stereocenters. The van der Waals surface area contributed by atoms with Crippen molar-refractivity contribution in [3.63, 3.8) is 0 Å². The Morgan fingerprint density at radius 3 is 2.44 bits per heavy atom. The first kappa shape index (κ1) is 12.9. The summed E-state index contributed by atoms with van der Waals surface area (Å²) in [7, 11) is 0. The van der Waals surface area contributed by atoms with Crippen LogP contribution in [0.5, 0.6) is 0 Å². The minimum atomic E-state index is -1.63. The topological polar surface area (TPSA) is 33.1 Å². The van der Waals surface area contributed by atoms with E-state index in [1.807, 2.05) is 0 Å². The van der Waals surface area contributed by atoms with E-state index in [1.54, 1.807) is 0 Å². The van der Waals surface area contributed by atoms with E-state index in [0.717, 1.165) is 18.3 Å². The Morgan fingerprint density at radius 2 is 1.78 bits per heavy atom. The maximum Gasteiger partial charge on any atom is 0.147 e. The highest BCUT2D eigenvalue weighted by Gasteiger charge is 2.20. The van der Waals surface area contributed by atoms with Gasteiger partial charge >= 0.3 is 0 Å². The van der Waals surface area contributed by atoms with E-state index >= 15 is 0 Å². The van der Waals surface area contributed by atoms with Crippen molar-refractivity contribution in [3.05, 3.63) is 64.2 Å². The SMILES string of the molecule is OC(c1ccncc1F)c1cc(F)c(Cl)cc1F. The summed E-state index contributed by atoms with van der Waals surface area (Å²) in [5.74, 6) is -2.61. The Hall–Kier alpha value is -1.59. The molecule has 1 heterocycles. The maximum atomic E-state index is 13.5. The largest absolute Gasteiger partial charge is 0.383 e. The van der Waals surface area contributed by atoms with Crippen LogP contribution in [0, 0.1) is 17.5 Å². The van der Waals surface area contributed by atoms with Crippen molar-refractivity contribution in [2.45, 2.75) is 6.10 Å². The molecule has 0 aliphatic heterocycles. The molecule has 1 aromatic heterocycles. The Labute approximate surface area is 106 Å². The lowest BCUT2D eigenvalue weighted by molar-refractivity contribution is 0.209. The minimum absolute atomic E-state index is 0.189. The molecule has 0 aliphatic rings. The molecule has 1 N–H and O–H groups in total. The van der Waals surface area contributed by atoms with Gasteiger partial charge in [0, 0.05) is 17.3 Å². The van der Waals surface area contributed by atoms with Gasteiger partial charge in [-0.3, -0.25) is 4.98 Å². The van der Waals surface area contributed by atoms with Gasteiger partial charge in [0.15, 0.2) is 0 Å². The van der Waals surface area contributed by atoms with Crippen molar-refractivity contribution in [3.8, 4) is 0 Å². The van der Waals surface area contributed by atoms with Crippen LogP contribution in [0.15, 0.2) is 30.6 Å². The normalized spacial score (nSPS) is 12.5. The molecule has 2 rings (SSSR count). The highest BCUT2D eigenvalue weighted by Crippen LogP contribution is 2.29. The van der Waals surface area contributed by atoms with E-state index in [0.29, 0.717) is 0 Å². The monoisotopic (exact) mass is 273 g/mol. The number of pyridine rings is 1. The van der Waals surface area contributed by atoms with Gasteiger partial charge in [0.1, 0.15) is 23.6 Å². The predicted molar refractivity (Wildman–Crippen MR) is 59.6 cm³/mol. The summed E-state index contributed by atoms with van der Waals surface area (Å²) in [4.78, 5) is 3.50. The molecule has 2 nitrogen and oxygen atoms in total. The first-order valence-electron chi connectivity index (χ1n) is 4.92. The van der Waals surface area contributed by atoms with Gasteiger partial charge < -0.3 is 5.11 Å². The van der Waals surface area contributed by atoms with Crippen LogP contribution in [-0.4, -0.2) is 10.1 Å². The molecule has 0 fully saturated rings. The van der Waals surface area contributed by atoms with Crippen molar-refractivity contribution in [2.75, 3.05) is 0 Å². The summed E-state index contributed by atoms with van der Waals surface area (Å²) in [6.45, 7) is 0. The summed E-state index contributed by atoms with van der Waals surface area (Å²) >= 11 is 5.39. The third-order valence-corrected chi connectivity index (χ3v) is 2.72. The first-order valence-corrected chi connectivity index (χ1v) is 5.30. The number of hydrogen-bond acceptors (Lipinski definition) is 2. The van der Waals surface area contributed by atoms with Crippen LogP contribution in [0.3, 0.4) is 0 Å². The summed E-state index contributed by atoms with van der Waals surface area (Å²) in [6.07, 6.45) is 0.494. The smallest absolute Gasteiger partial charge is 0.147 e. The maximum absolute atomic E-state index is 13.5. The Morgan fingerprint density at radius 1 is 1.06 bits per heavy atom. The van der Waals surface area contributed by atoms with Crippen LogP contribution >= 0.6 is 11.6 Å². The van der Waals surface area contributed by atoms with Gasteiger partial charge in [-0.1, -0.05) is 11.6 Å². The van der Waals surface area contributed by atoms with Crippen LogP contribution in [0.25, 0.3) is 0 Å². The quantitative estimate of drug-likeness (QED) is 0.852. The van der Waals surface area contributed by atoms with E-state index < -0.39 is 28.6 Å². The zero-order valence-electron chi connectivity index (χ0n) is 8.87. The zero-order chi connectivity index (χ0) is 13.3. The molecule has 94 valence electrons. The summed E-state index contributed by atoms with van der Waals surface area (Å²) in [6, 6.07) is 2.66. The average molecular weight is 274 g/mol. The van der Waals surface area contributed by atoms with Crippen LogP contribution in [0.2, 0.25) is 5.02 Å². The lowest BCUT2D eigenvalue weighted by Gasteiger charge is -2.13. The lowest BCUT2D eigenvalue weighted by Crippen LogP contribution is -2.06. The fraction of sp³-hybridized carbons (Fsp3) is 0.0833.